The molecular formula is C18H24N2O3S. The van der Waals surface area contributed by atoms with Gasteiger partial charge in [-0.2, -0.15) is 0 Å². The molecule has 1 amide bonds. The average molecular weight is 348 g/mol. The van der Waals surface area contributed by atoms with Crippen molar-refractivity contribution in [3.63, 3.8) is 0 Å². The summed E-state index contributed by atoms with van der Waals surface area (Å²) in [6.07, 6.45) is 0.301. The molecule has 2 aromatic rings. The van der Waals surface area contributed by atoms with E-state index >= 15 is 0 Å². The summed E-state index contributed by atoms with van der Waals surface area (Å²) in [7, 11) is 3.26. The van der Waals surface area contributed by atoms with Crippen LogP contribution in [0.3, 0.4) is 0 Å². The van der Waals surface area contributed by atoms with Crippen LogP contribution in [-0.4, -0.2) is 56.3 Å². The van der Waals surface area contributed by atoms with Gasteiger partial charge in [-0.05, 0) is 13.0 Å². The number of nitrogens with zero attached hydrogens (tertiary/aromatic N) is 2. The van der Waals surface area contributed by atoms with Crippen molar-refractivity contribution in [1.29, 1.82) is 0 Å². The van der Waals surface area contributed by atoms with Crippen LogP contribution in [0.4, 0.5) is 0 Å². The lowest BCUT2D eigenvalue weighted by atomic mass is 10.1. The minimum absolute atomic E-state index is 0.0465. The van der Waals surface area contributed by atoms with Crippen LogP contribution in [0.2, 0.25) is 0 Å². The molecule has 0 aliphatic rings. The number of aryl methyl sites for hydroxylation is 1. The quantitative estimate of drug-likeness (QED) is 0.699. The smallest absolute Gasteiger partial charge is 0.228 e. The minimum Gasteiger partial charge on any atom is -0.383 e. The van der Waals surface area contributed by atoms with Gasteiger partial charge in [-0.1, -0.05) is 23.8 Å². The molecule has 6 heteroatoms. The van der Waals surface area contributed by atoms with Crippen LogP contribution in [-0.2, 0) is 20.7 Å². The molecule has 0 N–H and O–H groups in total. The zero-order chi connectivity index (χ0) is 17.4. The Morgan fingerprint density at radius 2 is 1.92 bits per heavy atom. The molecule has 1 aromatic carbocycles. The Morgan fingerprint density at radius 1 is 1.21 bits per heavy atom. The number of carbonyl (C=O) groups excluding carboxylic acids is 1. The average Bonchev–Trinajstić information content (AvgIpc) is 3.03. The largest absolute Gasteiger partial charge is 0.383 e. The van der Waals surface area contributed by atoms with Crippen molar-refractivity contribution in [1.82, 2.24) is 9.88 Å². The highest BCUT2D eigenvalue weighted by molar-refractivity contribution is 7.13. The molecule has 0 aliphatic carbocycles. The predicted molar refractivity (Wildman–Crippen MR) is 96.3 cm³/mol. The summed E-state index contributed by atoms with van der Waals surface area (Å²) >= 11 is 1.57. The summed E-state index contributed by atoms with van der Waals surface area (Å²) in [5.41, 5.74) is 3.10. The summed E-state index contributed by atoms with van der Waals surface area (Å²) in [4.78, 5) is 18.9. The van der Waals surface area contributed by atoms with Gasteiger partial charge in [0.25, 0.3) is 0 Å². The lowest BCUT2D eigenvalue weighted by molar-refractivity contribution is -0.131. The molecule has 24 heavy (non-hydrogen) atoms. The number of benzene rings is 1. The molecule has 0 saturated heterocycles. The van der Waals surface area contributed by atoms with Crippen LogP contribution in [0.5, 0.6) is 0 Å². The Kier molecular flexibility index (Phi) is 7.36. The monoisotopic (exact) mass is 348 g/mol. The van der Waals surface area contributed by atoms with Gasteiger partial charge in [0.1, 0.15) is 5.01 Å². The van der Waals surface area contributed by atoms with Crippen LogP contribution >= 0.6 is 11.3 Å². The summed E-state index contributed by atoms with van der Waals surface area (Å²) in [6, 6.07) is 8.23. The highest BCUT2D eigenvalue weighted by atomic mass is 32.1. The molecule has 130 valence electrons. The third kappa shape index (κ3) is 5.40. The van der Waals surface area contributed by atoms with Crippen molar-refractivity contribution >= 4 is 17.2 Å². The van der Waals surface area contributed by atoms with Crippen LogP contribution in [0.1, 0.15) is 11.3 Å². The van der Waals surface area contributed by atoms with Gasteiger partial charge < -0.3 is 14.4 Å². The second-order valence-electron chi connectivity index (χ2n) is 5.56. The molecule has 0 fully saturated rings. The number of hydrogen-bond donors (Lipinski definition) is 0. The van der Waals surface area contributed by atoms with Gasteiger partial charge in [-0.25, -0.2) is 4.98 Å². The molecule has 5 nitrogen and oxygen atoms in total. The Morgan fingerprint density at radius 3 is 2.54 bits per heavy atom. The Balaban J connectivity index is 2.02. The summed E-state index contributed by atoms with van der Waals surface area (Å²) < 4.78 is 10.2. The van der Waals surface area contributed by atoms with Crippen molar-refractivity contribution in [2.75, 3.05) is 40.5 Å². The maximum absolute atomic E-state index is 12.5. The topological polar surface area (TPSA) is 51.7 Å². The number of methoxy groups -OCH3 is 2. The van der Waals surface area contributed by atoms with Gasteiger partial charge in [-0.15, -0.1) is 11.3 Å². The number of ether oxygens (including phenoxy) is 2. The third-order valence-corrected chi connectivity index (χ3v) is 4.57. The van der Waals surface area contributed by atoms with Crippen molar-refractivity contribution in [3.8, 4) is 10.6 Å². The molecule has 0 unspecified atom stereocenters. The standard InChI is InChI=1S/C18H24N2O3S/c1-14-5-4-6-15(11-14)18-19-16(13-24-18)12-17(21)20(7-9-22-2)8-10-23-3/h4-6,11,13H,7-10,12H2,1-3H3. The Bertz CT molecular complexity index is 649. The zero-order valence-corrected chi connectivity index (χ0v) is 15.3. The third-order valence-electron chi connectivity index (χ3n) is 3.63. The summed E-state index contributed by atoms with van der Waals surface area (Å²) in [6.45, 7) is 4.22. The van der Waals surface area contributed by atoms with Gasteiger partial charge in [0.15, 0.2) is 0 Å². The van der Waals surface area contributed by atoms with Crippen molar-refractivity contribution in [2.24, 2.45) is 0 Å². The first-order valence-corrected chi connectivity index (χ1v) is 8.79. The first-order chi connectivity index (χ1) is 11.6. The number of rotatable bonds is 9. The summed E-state index contributed by atoms with van der Waals surface area (Å²) in [5.74, 6) is 0.0465. The minimum atomic E-state index is 0.0465. The SMILES string of the molecule is COCCN(CCOC)C(=O)Cc1csc(-c2cccc(C)c2)n1. The van der Waals surface area contributed by atoms with E-state index < -0.39 is 0 Å². The zero-order valence-electron chi connectivity index (χ0n) is 14.4. The van der Waals surface area contributed by atoms with Gasteiger partial charge in [0.2, 0.25) is 5.91 Å². The van der Waals surface area contributed by atoms with E-state index in [4.69, 9.17) is 9.47 Å². The molecule has 2 rings (SSSR count). The van der Waals surface area contributed by atoms with Crippen molar-refractivity contribution in [2.45, 2.75) is 13.3 Å². The Hall–Kier alpha value is -1.76. The van der Waals surface area contributed by atoms with Crippen molar-refractivity contribution in [3.05, 3.63) is 40.9 Å². The van der Waals surface area contributed by atoms with E-state index in [0.717, 1.165) is 16.3 Å². The van der Waals surface area contributed by atoms with Crippen LogP contribution in [0.25, 0.3) is 10.6 Å². The number of hydrogen-bond acceptors (Lipinski definition) is 5. The second-order valence-corrected chi connectivity index (χ2v) is 6.41. The molecule has 1 heterocycles. The maximum Gasteiger partial charge on any atom is 0.228 e. The molecule has 1 aromatic heterocycles. The van der Waals surface area contributed by atoms with E-state index in [9.17, 15) is 4.79 Å². The molecule has 0 bridgehead atoms. The molecule has 0 atom stereocenters. The number of amides is 1. The first-order valence-electron chi connectivity index (χ1n) is 7.91. The van der Waals surface area contributed by atoms with E-state index in [0.29, 0.717) is 32.7 Å². The second kappa shape index (κ2) is 9.52. The fourth-order valence-corrected chi connectivity index (χ4v) is 3.15. The Labute approximate surface area is 147 Å². The van der Waals surface area contributed by atoms with Gasteiger partial charge in [-0.3, -0.25) is 4.79 Å². The fraction of sp³-hybridized carbons (Fsp3) is 0.444. The maximum atomic E-state index is 12.5. The van der Waals surface area contributed by atoms with Crippen LogP contribution in [0, 0.1) is 6.92 Å². The highest BCUT2D eigenvalue weighted by Gasteiger charge is 2.16. The predicted octanol–water partition coefficient (Wildman–Crippen LogP) is 2.78. The lowest BCUT2D eigenvalue weighted by Crippen LogP contribution is -2.37. The molecule has 0 spiro atoms. The lowest BCUT2D eigenvalue weighted by Gasteiger charge is -2.21. The summed E-state index contributed by atoms with van der Waals surface area (Å²) in [5, 5.41) is 2.90. The van der Waals surface area contributed by atoms with Crippen LogP contribution < -0.4 is 0 Å². The van der Waals surface area contributed by atoms with Gasteiger partial charge in [0, 0.05) is 38.3 Å². The fourth-order valence-electron chi connectivity index (χ4n) is 2.33. The van der Waals surface area contributed by atoms with Gasteiger partial charge in [0.05, 0.1) is 25.3 Å². The van der Waals surface area contributed by atoms with Crippen molar-refractivity contribution < 1.29 is 14.3 Å². The molecule has 0 aliphatic heterocycles. The van der Waals surface area contributed by atoms with E-state index in [1.165, 1.54) is 5.56 Å². The van der Waals surface area contributed by atoms with E-state index in [-0.39, 0.29) is 5.91 Å². The highest BCUT2D eigenvalue weighted by Crippen LogP contribution is 2.24. The molecule has 0 saturated carbocycles. The number of carbonyl (C=O) groups is 1. The van der Waals surface area contributed by atoms with Crippen LogP contribution in [0.15, 0.2) is 29.6 Å². The first kappa shape index (κ1) is 18.6. The number of thiazole rings is 1. The van der Waals surface area contributed by atoms with E-state index in [1.54, 1.807) is 30.5 Å². The van der Waals surface area contributed by atoms with E-state index in [1.807, 2.05) is 17.5 Å². The molecular weight excluding hydrogens is 324 g/mol. The normalized spacial score (nSPS) is 10.8. The van der Waals surface area contributed by atoms with Gasteiger partial charge >= 0.3 is 0 Å². The van der Waals surface area contributed by atoms with E-state index in [2.05, 4.69) is 24.0 Å². The molecule has 0 radical (unpaired) electrons. The number of aromatic nitrogens is 1.